The van der Waals surface area contributed by atoms with Crippen molar-refractivity contribution in [1.29, 1.82) is 0 Å². The monoisotopic (exact) mass is 220 g/mol. The van der Waals surface area contributed by atoms with Crippen molar-refractivity contribution in [3.63, 3.8) is 0 Å². The minimum absolute atomic E-state index is 0.419. The van der Waals surface area contributed by atoms with Crippen molar-refractivity contribution in [2.24, 2.45) is 0 Å². The summed E-state index contributed by atoms with van der Waals surface area (Å²) in [5.41, 5.74) is 2.60. The molecule has 0 bridgehead atoms. The lowest BCUT2D eigenvalue weighted by molar-refractivity contribution is 0.108. The summed E-state index contributed by atoms with van der Waals surface area (Å²) in [7, 11) is 0. The first-order chi connectivity index (χ1) is 7.20. The third-order valence-electron chi connectivity index (χ3n) is 2.20. The minimum Gasteiger partial charge on any atom is -0.276 e. The summed E-state index contributed by atoms with van der Waals surface area (Å²) in [6.07, 6.45) is 4.97. The fraction of sp³-hybridized carbons (Fsp3) is 0.154. The van der Waals surface area contributed by atoms with Crippen LogP contribution >= 0.6 is 11.6 Å². The first-order valence-electron chi connectivity index (χ1n) is 4.73. The van der Waals surface area contributed by atoms with Gasteiger partial charge in [-0.1, -0.05) is 24.3 Å². The first kappa shape index (κ1) is 11.7. The molecule has 0 radical (unpaired) electrons. The zero-order valence-corrected chi connectivity index (χ0v) is 9.26. The Morgan fingerprint density at radius 1 is 1.27 bits per heavy atom. The minimum atomic E-state index is -0.419. The van der Waals surface area contributed by atoms with E-state index in [4.69, 9.17) is 11.6 Å². The highest BCUT2D eigenvalue weighted by Gasteiger charge is 2.10. The van der Waals surface area contributed by atoms with Gasteiger partial charge in [0.15, 0.2) is 0 Å². The molecule has 0 aliphatic carbocycles. The molecule has 78 valence electrons. The van der Waals surface area contributed by atoms with Crippen LogP contribution in [-0.2, 0) is 12.8 Å². The summed E-state index contributed by atoms with van der Waals surface area (Å²) < 4.78 is 0. The van der Waals surface area contributed by atoms with Gasteiger partial charge in [0.25, 0.3) is 5.24 Å². The lowest BCUT2D eigenvalue weighted by Gasteiger charge is -2.09. The van der Waals surface area contributed by atoms with E-state index in [0.29, 0.717) is 12.0 Å². The number of carbonyl (C=O) groups excluding carboxylic acids is 1. The first-order valence-corrected chi connectivity index (χ1v) is 5.11. The third kappa shape index (κ3) is 2.80. The van der Waals surface area contributed by atoms with E-state index in [1.165, 1.54) is 0 Å². The van der Waals surface area contributed by atoms with E-state index >= 15 is 0 Å². The fourth-order valence-corrected chi connectivity index (χ4v) is 1.73. The van der Waals surface area contributed by atoms with Crippen LogP contribution in [-0.4, -0.2) is 5.24 Å². The Labute approximate surface area is 95.1 Å². The number of halogens is 1. The van der Waals surface area contributed by atoms with E-state index in [9.17, 15) is 4.79 Å². The van der Waals surface area contributed by atoms with Crippen molar-refractivity contribution < 1.29 is 4.79 Å². The average molecular weight is 221 g/mol. The van der Waals surface area contributed by atoms with Gasteiger partial charge in [-0.25, -0.2) is 0 Å². The van der Waals surface area contributed by atoms with Gasteiger partial charge in [-0.05, 0) is 41.6 Å². The SMILES string of the molecule is C=CCc1cccc(C(=O)Cl)c1CC=C. The maximum Gasteiger partial charge on any atom is 0.252 e. The molecule has 1 aromatic rings. The molecule has 0 saturated carbocycles. The van der Waals surface area contributed by atoms with Crippen molar-refractivity contribution in [3.05, 3.63) is 60.2 Å². The van der Waals surface area contributed by atoms with Crippen molar-refractivity contribution in [1.82, 2.24) is 0 Å². The molecule has 0 aliphatic rings. The van der Waals surface area contributed by atoms with E-state index in [1.807, 2.05) is 18.2 Å². The topological polar surface area (TPSA) is 17.1 Å². The van der Waals surface area contributed by atoms with Crippen LogP contribution in [0.15, 0.2) is 43.5 Å². The molecule has 1 rings (SSSR count). The molecule has 0 aromatic heterocycles. The highest BCUT2D eigenvalue weighted by molar-refractivity contribution is 6.67. The van der Waals surface area contributed by atoms with Crippen molar-refractivity contribution in [2.75, 3.05) is 0 Å². The zero-order chi connectivity index (χ0) is 11.3. The van der Waals surface area contributed by atoms with Gasteiger partial charge in [0.05, 0.1) is 0 Å². The summed E-state index contributed by atoms with van der Waals surface area (Å²) in [6, 6.07) is 5.55. The van der Waals surface area contributed by atoms with Gasteiger partial charge >= 0.3 is 0 Å². The molecule has 0 aliphatic heterocycles. The lowest BCUT2D eigenvalue weighted by atomic mass is 9.97. The van der Waals surface area contributed by atoms with Gasteiger partial charge in [-0.15, -0.1) is 13.2 Å². The van der Waals surface area contributed by atoms with Gasteiger partial charge in [0.2, 0.25) is 0 Å². The molecule has 0 heterocycles. The van der Waals surface area contributed by atoms with Gasteiger partial charge in [-0.3, -0.25) is 4.79 Å². The van der Waals surface area contributed by atoms with Crippen molar-refractivity contribution >= 4 is 16.8 Å². The number of rotatable bonds is 5. The largest absolute Gasteiger partial charge is 0.276 e. The molecular formula is C13H13ClO. The Morgan fingerprint density at radius 2 is 1.93 bits per heavy atom. The lowest BCUT2D eigenvalue weighted by Crippen LogP contribution is -2.01. The van der Waals surface area contributed by atoms with Crippen LogP contribution in [0.3, 0.4) is 0 Å². The molecule has 0 atom stereocenters. The molecule has 2 heteroatoms. The van der Waals surface area contributed by atoms with Gasteiger partial charge < -0.3 is 0 Å². The summed E-state index contributed by atoms with van der Waals surface area (Å²) in [6.45, 7) is 7.37. The third-order valence-corrected chi connectivity index (χ3v) is 2.40. The molecule has 0 unspecified atom stereocenters. The Balaban J connectivity index is 3.26. The molecule has 0 saturated heterocycles. The van der Waals surface area contributed by atoms with Crippen LogP contribution < -0.4 is 0 Å². The standard InChI is InChI=1S/C13H13ClO/c1-3-6-10-8-5-9-12(13(14)15)11(10)7-4-2/h3-5,8-9H,1-2,6-7H2. The molecule has 1 nitrogen and oxygen atoms in total. The van der Waals surface area contributed by atoms with Crippen LogP contribution in [0.2, 0.25) is 0 Å². The summed E-state index contributed by atoms with van der Waals surface area (Å²) in [5.74, 6) is 0. The molecule has 0 N–H and O–H groups in total. The van der Waals surface area contributed by atoms with E-state index in [1.54, 1.807) is 12.1 Å². The zero-order valence-electron chi connectivity index (χ0n) is 8.50. The van der Waals surface area contributed by atoms with E-state index in [-0.39, 0.29) is 0 Å². The molecular weight excluding hydrogens is 208 g/mol. The normalized spacial score (nSPS) is 9.67. The highest BCUT2D eigenvalue weighted by atomic mass is 35.5. The van der Waals surface area contributed by atoms with Crippen LogP contribution in [0.5, 0.6) is 0 Å². The van der Waals surface area contributed by atoms with Gasteiger partial charge in [0.1, 0.15) is 0 Å². The Hall–Kier alpha value is -1.34. The summed E-state index contributed by atoms with van der Waals surface area (Å²) in [4.78, 5) is 11.2. The van der Waals surface area contributed by atoms with Crippen LogP contribution in [0, 0.1) is 0 Å². The number of carbonyl (C=O) groups is 1. The van der Waals surface area contributed by atoms with Gasteiger partial charge in [0, 0.05) is 5.56 Å². The maximum absolute atomic E-state index is 11.2. The van der Waals surface area contributed by atoms with Crippen molar-refractivity contribution in [3.8, 4) is 0 Å². The predicted molar refractivity (Wildman–Crippen MR) is 64.4 cm³/mol. The Kier molecular flexibility index (Phi) is 4.32. The van der Waals surface area contributed by atoms with E-state index in [0.717, 1.165) is 17.5 Å². The smallest absolute Gasteiger partial charge is 0.252 e. The summed E-state index contributed by atoms with van der Waals surface area (Å²) >= 11 is 5.52. The number of benzene rings is 1. The number of hydrogen-bond acceptors (Lipinski definition) is 1. The quantitative estimate of drug-likeness (QED) is 0.548. The molecule has 1 aromatic carbocycles. The second kappa shape index (κ2) is 5.52. The van der Waals surface area contributed by atoms with Crippen LogP contribution in [0.1, 0.15) is 21.5 Å². The number of hydrogen-bond donors (Lipinski definition) is 0. The summed E-state index contributed by atoms with van der Waals surface area (Å²) in [5, 5.41) is -0.419. The highest BCUT2D eigenvalue weighted by Crippen LogP contribution is 2.19. The van der Waals surface area contributed by atoms with Crippen LogP contribution in [0.4, 0.5) is 0 Å². The molecule has 0 amide bonds. The fourth-order valence-electron chi connectivity index (χ4n) is 1.55. The molecule has 0 spiro atoms. The van der Waals surface area contributed by atoms with E-state index < -0.39 is 5.24 Å². The van der Waals surface area contributed by atoms with Crippen LogP contribution in [0.25, 0.3) is 0 Å². The second-order valence-corrected chi connectivity index (χ2v) is 3.55. The Bertz CT molecular complexity index is 394. The number of allylic oxidation sites excluding steroid dienone is 2. The molecule has 15 heavy (non-hydrogen) atoms. The molecule has 0 fully saturated rings. The van der Waals surface area contributed by atoms with E-state index in [2.05, 4.69) is 13.2 Å². The average Bonchev–Trinajstić information content (AvgIpc) is 2.21. The maximum atomic E-state index is 11.2. The second-order valence-electron chi connectivity index (χ2n) is 3.20. The Morgan fingerprint density at radius 3 is 2.47 bits per heavy atom. The van der Waals surface area contributed by atoms with Crippen molar-refractivity contribution in [2.45, 2.75) is 12.8 Å². The van der Waals surface area contributed by atoms with Gasteiger partial charge in [-0.2, -0.15) is 0 Å². The predicted octanol–water partition coefficient (Wildman–Crippen LogP) is 3.52.